The summed E-state index contributed by atoms with van der Waals surface area (Å²) in [5, 5.41) is 9.07. The number of aliphatic hydroxyl groups excluding tert-OH is 1. The highest BCUT2D eigenvalue weighted by molar-refractivity contribution is 5.43. The zero-order valence-corrected chi connectivity index (χ0v) is 9.56. The van der Waals surface area contributed by atoms with Crippen molar-refractivity contribution in [3.8, 4) is 0 Å². The first kappa shape index (κ1) is 11.1. The van der Waals surface area contributed by atoms with Gasteiger partial charge in [-0.3, -0.25) is 0 Å². The summed E-state index contributed by atoms with van der Waals surface area (Å²) in [4.78, 5) is 10.7. The molecule has 5 nitrogen and oxygen atoms in total. The third-order valence-electron chi connectivity index (χ3n) is 3.17. The number of aliphatic hydroxyl groups is 1. The van der Waals surface area contributed by atoms with Gasteiger partial charge in [0.15, 0.2) is 0 Å². The van der Waals surface area contributed by atoms with E-state index in [1.807, 2.05) is 6.92 Å². The first-order chi connectivity index (χ1) is 7.70. The molecule has 16 heavy (non-hydrogen) atoms. The maximum absolute atomic E-state index is 9.07. The van der Waals surface area contributed by atoms with Crippen LogP contribution in [0.2, 0.25) is 0 Å². The predicted molar refractivity (Wildman–Crippen MR) is 63.2 cm³/mol. The highest BCUT2D eigenvalue weighted by Gasteiger charge is 2.19. The van der Waals surface area contributed by atoms with Gasteiger partial charge >= 0.3 is 0 Å². The second kappa shape index (κ2) is 4.65. The molecule has 0 amide bonds. The fourth-order valence-corrected chi connectivity index (χ4v) is 1.98. The number of nitrogens with zero attached hydrogens (tertiary/aromatic N) is 3. The smallest absolute Gasteiger partial charge is 0.147 e. The lowest BCUT2D eigenvalue weighted by Crippen LogP contribution is -2.35. The van der Waals surface area contributed by atoms with Crippen molar-refractivity contribution in [2.75, 3.05) is 30.3 Å². The van der Waals surface area contributed by atoms with E-state index < -0.39 is 0 Å². The van der Waals surface area contributed by atoms with Crippen LogP contribution in [0.3, 0.4) is 0 Å². The highest BCUT2D eigenvalue weighted by atomic mass is 16.3. The fraction of sp³-hybridized carbons (Fsp3) is 0.636. The Kier molecular flexibility index (Phi) is 3.24. The third-order valence-corrected chi connectivity index (χ3v) is 3.17. The third kappa shape index (κ3) is 2.24. The lowest BCUT2D eigenvalue weighted by atomic mass is 9.98. The molecule has 2 heterocycles. The number of nitrogens with two attached hydrogens (primary N) is 1. The summed E-state index contributed by atoms with van der Waals surface area (Å²) in [6.07, 6.45) is 3.75. The Hall–Kier alpha value is -1.36. The molecule has 1 aliphatic rings. The number of piperidine rings is 1. The van der Waals surface area contributed by atoms with Gasteiger partial charge in [0.05, 0.1) is 11.9 Å². The van der Waals surface area contributed by atoms with Crippen LogP contribution in [-0.2, 0) is 0 Å². The predicted octanol–water partition coefficient (Wildman–Crippen LogP) is 0.576. The Morgan fingerprint density at radius 3 is 2.75 bits per heavy atom. The van der Waals surface area contributed by atoms with E-state index in [-0.39, 0.29) is 0 Å². The van der Waals surface area contributed by atoms with E-state index in [9.17, 15) is 0 Å². The lowest BCUT2D eigenvalue weighted by molar-refractivity contribution is 0.202. The van der Waals surface area contributed by atoms with Gasteiger partial charge in [-0.25, -0.2) is 9.97 Å². The van der Waals surface area contributed by atoms with E-state index in [2.05, 4.69) is 14.9 Å². The minimum Gasteiger partial charge on any atom is -0.396 e. The number of rotatable bonds is 2. The van der Waals surface area contributed by atoms with Crippen LogP contribution >= 0.6 is 0 Å². The summed E-state index contributed by atoms with van der Waals surface area (Å²) >= 11 is 0. The summed E-state index contributed by atoms with van der Waals surface area (Å²) in [5.74, 6) is 1.83. The molecule has 0 spiro atoms. The molecule has 3 N–H and O–H groups in total. The van der Waals surface area contributed by atoms with Crippen molar-refractivity contribution in [3.05, 3.63) is 11.9 Å². The van der Waals surface area contributed by atoms with Gasteiger partial charge < -0.3 is 15.7 Å². The van der Waals surface area contributed by atoms with E-state index in [4.69, 9.17) is 10.8 Å². The van der Waals surface area contributed by atoms with Gasteiger partial charge in [-0.1, -0.05) is 0 Å². The number of anilines is 2. The van der Waals surface area contributed by atoms with Crippen LogP contribution in [0.1, 0.15) is 18.5 Å². The highest BCUT2D eigenvalue weighted by Crippen LogP contribution is 2.21. The first-order valence-electron chi connectivity index (χ1n) is 5.65. The van der Waals surface area contributed by atoms with Crippen molar-refractivity contribution in [3.63, 3.8) is 0 Å². The summed E-state index contributed by atoms with van der Waals surface area (Å²) < 4.78 is 0. The molecule has 1 fully saturated rings. The number of hydrogen-bond donors (Lipinski definition) is 2. The van der Waals surface area contributed by atoms with Crippen molar-refractivity contribution < 1.29 is 5.11 Å². The van der Waals surface area contributed by atoms with Crippen LogP contribution in [-0.4, -0.2) is 34.8 Å². The number of aromatic nitrogens is 2. The van der Waals surface area contributed by atoms with Crippen LogP contribution in [0.5, 0.6) is 0 Å². The standard InChI is InChI=1S/C11H18N4O/c1-8-11(12)13-6-10(14-8)15-4-2-9(7-16)3-5-15/h6,9,16H,2-5,7H2,1H3,(H2,12,13). The topological polar surface area (TPSA) is 75.3 Å². The SMILES string of the molecule is Cc1nc(N2CCC(CO)CC2)cnc1N. The molecule has 88 valence electrons. The maximum Gasteiger partial charge on any atom is 0.147 e. The molecule has 2 rings (SSSR count). The fourth-order valence-electron chi connectivity index (χ4n) is 1.98. The largest absolute Gasteiger partial charge is 0.396 e. The molecule has 1 saturated heterocycles. The van der Waals surface area contributed by atoms with E-state index in [0.29, 0.717) is 18.3 Å². The van der Waals surface area contributed by atoms with Gasteiger partial charge in [-0.05, 0) is 25.7 Å². The molecular formula is C11H18N4O. The molecule has 5 heteroatoms. The molecule has 0 aromatic carbocycles. The quantitative estimate of drug-likeness (QED) is 0.765. The average molecular weight is 222 g/mol. The monoisotopic (exact) mass is 222 g/mol. The Morgan fingerprint density at radius 2 is 2.19 bits per heavy atom. The Labute approximate surface area is 95.3 Å². The van der Waals surface area contributed by atoms with Gasteiger partial charge in [0.1, 0.15) is 11.6 Å². The summed E-state index contributed by atoms with van der Waals surface area (Å²) in [5.41, 5.74) is 6.42. The number of hydrogen-bond acceptors (Lipinski definition) is 5. The molecule has 0 aliphatic carbocycles. The molecular weight excluding hydrogens is 204 g/mol. The van der Waals surface area contributed by atoms with Crippen molar-refractivity contribution in [1.82, 2.24) is 9.97 Å². The molecule has 1 aromatic rings. The van der Waals surface area contributed by atoms with Crippen molar-refractivity contribution in [2.45, 2.75) is 19.8 Å². The van der Waals surface area contributed by atoms with Crippen molar-refractivity contribution >= 4 is 11.6 Å². The molecule has 1 aromatic heterocycles. The van der Waals surface area contributed by atoms with Gasteiger partial charge in [0.2, 0.25) is 0 Å². The van der Waals surface area contributed by atoms with E-state index >= 15 is 0 Å². The van der Waals surface area contributed by atoms with Crippen LogP contribution in [0.25, 0.3) is 0 Å². The maximum atomic E-state index is 9.07. The molecule has 0 bridgehead atoms. The summed E-state index contributed by atoms with van der Waals surface area (Å²) in [6, 6.07) is 0. The van der Waals surface area contributed by atoms with Gasteiger partial charge in [0.25, 0.3) is 0 Å². The van der Waals surface area contributed by atoms with Crippen molar-refractivity contribution in [2.24, 2.45) is 5.92 Å². The minimum absolute atomic E-state index is 0.292. The molecule has 0 atom stereocenters. The van der Waals surface area contributed by atoms with Crippen molar-refractivity contribution in [1.29, 1.82) is 0 Å². The average Bonchev–Trinajstić information content (AvgIpc) is 2.33. The number of nitrogen functional groups attached to an aromatic ring is 1. The zero-order chi connectivity index (χ0) is 11.5. The Bertz CT molecular complexity index is 361. The summed E-state index contributed by atoms with van der Waals surface area (Å²) in [7, 11) is 0. The zero-order valence-electron chi connectivity index (χ0n) is 9.56. The van der Waals surface area contributed by atoms with Crippen LogP contribution in [0.15, 0.2) is 6.20 Å². The van der Waals surface area contributed by atoms with Gasteiger partial charge in [-0.15, -0.1) is 0 Å². The molecule has 0 radical (unpaired) electrons. The first-order valence-corrected chi connectivity index (χ1v) is 5.65. The minimum atomic E-state index is 0.292. The van der Waals surface area contributed by atoms with Crippen LogP contribution < -0.4 is 10.6 Å². The number of aryl methyl sites for hydroxylation is 1. The van der Waals surface area contributed by atoms with Crippen LogP contribution in [0.4, 0.5) is 11.6 Å². The Balaban J connectivity index is 2.05. The molecule has 0 saturated carbocycles. The van der Waals surface area contributed by atoms with E-state index in [1.165, 1.54) is 0 Å². The van der Waals surface area contributed by atoms with E-state index in [1.54, 1.807) is 6.20 Å². The molecule has 0 unspecified atom stereocenters. The van der Waals surface area contributed by atoms with Crippen LogP contribution in [0, 0.1) is 12.8 Å². The Morgan fingerprint density at radius 1 is 1.50 bits per heavy atom. The normalized spacial score (nSPS) is 17.8. The second-order valence-electron chi connectivity index (χ2n) is 4.31. The van der Waals surface area contributed by atoms with E-state index in [0.717, 1.165) is 37.4 Å². The summed E-state index contributed by atoms with van der Waals surface area (Å²) in [6.45, 7) is 4.03. The molecule has 1 aliphatic heterocycles. The van der Waals surface area contributed by atoms with Gasteiger partial charge in [-0.2, -0.15) is 0 Å². The second-order valence-corrected chi connectivity index (χ2v) is 4.31. The lowest BCUT2D eigenvalue weighted by Gasteiger charge is -2.31. The van der Waals surface area contributed by atoms with Gasteiger partial charge in [0, 0.05) is 19.7 Å².